The molecule has 0 saturated heterocycles. The third-order valence-corrected chi connectivity index (χ3v) is 1.95. The fraction of sp³-hybridized carbons (Fsp3) is 0.250. The lowest BCUT2D eigenvalue weighted by molar-refractivity contribution is 0.788. The first kappa shape index (κ1) is 9.08. The average molecular weight is 210 g/mol. The Morgan fingerprint density at radius 1 is 1.36 bits per heavy atom. The lowest BCUT2D eigenvalue weighted by atomic mass is 10.4. The highest BCUT2D eigenvalue weighted by atomic mass is 35.5. The zero-order valence-electron chi connectivity index (χ0n) is 7.50. The van der Waals surface area contributed by atoms with Crippen molar-refractivity contribution >= 4 is 11.6 Å². The Bertz CT molecular complexity index is 411. The molecule has 0 bridgehead atoms. The summed E-state index contributed by atoms with van der Waals surface area (Å²) in [4.78, 5) is 7.76. The highest BCUT2D eigenvalue weighted by molar-refractivity contribution is 6.20. The Kier molecular flexibility index (Phi) is 2.41. The van der Waals surface area contributed by atoms with Crippen LogP contribution in [0.25, 0.3) is 5.69 Å². The van der Waals surface area contributed by atoms with Gasteiger partial charge in [0.15, 0.2) is 0 Å². The molecular formula is C8H8ClN5. The van der Waals surface area contributed by atoms with E-state index in [9.17, 15) is 0 Å². The van der Waals surface area contributed by atoms with Crippen molar-refractivity contribution in [3.05, 3.63) is 30.6 Å². The molecule has 0 amide bonds. The predicted molar refractivity (Wildman–Crippen MR) is 51.2 cm³/mol. The lowest BCUT2D eigenvalue weighted by Gasteiger charge is -1.96. The maximum Gasteiger partial charge on any atom is 0.115 e. The van der Waals surface area contributed by atoms with E-state index in [4.69, 9.17) is 11.6 Å². The molecule has 0 spiro atoms. The zero-order chi connectivity index (χ0) is 9.97. The van der Waals surface area contributed by atoms with Gasteiger partial charge in [-0.3, -0.25) is 0 Å². The van der Waals surface area contributed by atoms with Gasteiger partial charge in [0.25, 0.3) is 0 Å². The molecule has 0 saturated carbocycles. The Morgan fingerprint density at radius 3 is 2.64 bits per heavy atom. The molecule has 14 heavy (non-hydrogen) atoms. The highest BCUT2D eigenvalue weighted by Crippen LogP contribution is 2.16. The highest BCUT2D eigenvalue weighted by Gasteiger charge is 2.07. The monoisotopic (exact) mass is 209 g/mol. The summed E-state index contributed by atoms with van der Waals surface area (Å²) in [5, 5.41) is 7.68. The molecule has 0 aromatic carbocycles. The van der Waals surface area contributed by atoms with Crippen molar-refractivity contribution in [3.63, 3.8) is 0 Å². The van der Waals surface area contributed by atoms with Gasteiger partial charge in [-0.05, 0) is 6.92 Å². The topological polar surface area (TPSA) is 56.5 Å². The summed E-state index contributed by atoms with van der Waals surface area (Å²) in [6.07, 6.45) is 6.54. The molecule has 0 aliphatic heterocycles. The molecule has 0 N–H and O–H groups in total. The van der Waals surface area contributed by atoms with Gasteiger partial charge in [0.2, 0.25) is 0 Å². The standard InChI is InChI=1S/C8H8ClN5/c1-6(9)8-4-14(13-12-8)7-2-10-5-11-3-7/h2-6H,1H3. The maximum absolute atomic E-state index is 5.86. The first-order valence-corrected chi connectivity index (χ1v) is 4.52. The number of aromatic nitrogens is 5. The van der Waals surface area contributed by atoms with Crippen LogP contribution in [0.4, 0.5) is 0 Å². The number of hydrogen-bond acceptors (Lipinski definition) is 4. The smallest absolute Gasteiger partial charge is 0.115 e. The van der Waals surface area contributed by atoms with E-state index in [1.165, 1.54) is 6.33 Å². The van der Waals surface area contributed by atoms with E-state index in [1.807, 2.05) is 6.92 Å². The van der Waals surface area contributed by atoms with Gasteiger partial charge in [-0.2, -0.15) is 0 Å². The second kappa shape index (κ2) is 3.71. The molecule has 2 aromatic heterocycles. The van der Waals surface area contributed by atoms with Crippen LogP contribution in [0, 0.1) is 0 Å². The Balaban J connectivity index is 2.34. The van der Waals surface area contributed by atoms with Crippen molar-refractivity contribution in [1.29, 1.82) is 0 Å². The van der Waals surface area contributed by atoms with Gasteiger partial charge in [-0.25, -0.2) is 14.6 Å². The molecule has 72 valence electrons. The molecule has 1 atom stereocenters. The van der Waals surface area contributed by atoms with E-state index in [0.717, 1.165) is 11.4 Å². The van der Waals surface area contributed by atoms with Gasteiger partial charge in [0.1, 0.15) is 17.7 Å². The second-order valence-electron chi connectivity index (χ2n) is 2.80. The van der Waals surface area contributed by atoms with Crippen molar-refractivity contribution in [2.45, 2.75) is 12.3 Å². The molecule has 0 radical (unpaired) electrons. The first-order valence-electron chi connectivity index (χ1n) is 4.09. The van der Waals surface area contributed by atoms with E-state index >= 15 is 0 Å². The molecule has 5 nitrogen and oxygen atoms in total. The summed E-state index contributed by atoms with van der Waals surface area (Å²) in [5.74, 6) is 0. The van der Waals surface area contributed by atoms with Gasteiger partial charge < -0.3 is 0 Å². The summed E-state index contributed by atoms with van der Waals surface area (Å²) in [5.41, 5.74) is 1.50. The van der Waals surface area contributed by atoms with Crippen LogP contribution in [0.15, 0.2) is 24.9 Å². The maximum atomic E-state index is 5.86. The molecule has 0 aliphatic rings. The number of rotatable bonds is 2. The Labute approximate surface area is 85.8 Å². The minimum absolute atomic E-state index is 0.145. The van der Waals surface area contributed by atoms with Gasteiger partial charge in [-0.15, -0.1) is 16.7 Å². The van der Waals surface area contributed by atoms with Gasteiger partial charge >= 0.3 is 0 Å². The van der Waals surface area contributed by atoms with Gasteiger partial charge in [0, 0.05) is 0 Å². The fourth-order valence-electron chi connectivity index (χ4n) is 0.995. The second-order valence-corrected chi connectivity index (χ2v) is 3.46. The van der Waals surface area contributed by atoms with Gasteiger partial charge in [-0.1, -0.05) is 5.21 Å². The van der Waals surface area contributed by atoms with Crippen LogP contribution in [-0.4, -0.2) is 25.0 Å². The van der Waals surface area contributed by atoms with Crippen LogP contribution in [0.3, 0.4) is 0 Å². The minimum Gasteiger partial charge on any atom is -0.243 e. The third kappa shape index (κ3) is 1.72. The fourth-order valence-corrected chi connectivity index (χ4v) is 1.09. The zero-order valence-corrected chi connectivity index (χ0v) is 8.26. The van der Waals surface area contributed by atoms with Crippen molar-refractivity contribution in [3.8, 4) is 5.69 Å². The number of hydrogen-bond donors (Lipinski definition) is 0. The van der Waals surface area contributed by atoms with E-state index in [0.29, 0.717) is 0 Å². The summed E-state index contributed by atoms with van der Waals surface area (Å²) < 4.78 is 1.59. The number of nitrogens with zero attached hydrogens (tertiary/aromatic N) is 5. The Hall–Kier alpha value is -1.49. The number of halogens is 1. The van der Waals surface area contributed by atoms with Crippen LogP contribution in [-0.2, 0) is 0 Å². The van der Waals surface area contributed by atoms with E-state index in [1.54, 1.807) is 23.3 Å². The SMILES string of the molecule is CC(Cl)c1cn(-c2cncnc2)nn1. The van der Waals surface area contributed by atoms with Crippen molar-refractivity contribution in [2.24, 2.45) is 0 Å². The predicted octanol–water partition coefficient (Wildman–Crippen LogP) is 1.36. The quantitative estimate of drug-likeness (QED) is 0.701. The van der Waals surface area contributed by atoms with Crippen LogP contribution >= 0.6 is 11.6 Å². The van der Waals surface area contributed by atoms with Crippen molar-refractivity contribution in [2.75, 3.05) is 0 Å². The van der Waals surface area contributed by atoms with E-state index in [2.05, 4.69) is 20.3 Å². The molecule has 2 aromatic rings. The van der Waals surface area contributed by atoms with Crippen molar-refractivity contribution < 1.29 is 0 Å². The largest absolute Gasteiger partial charge is 0.243 e. The molecule has 0 fully saturated rings. The average Bonchev–Trinajstić information content (AvgIpc) is 2.68. The normalized spacial score (nSPS) is 12.7. The Morgan fingerprint density at radius 2 is 2.07 bits per heavy atom. The first-order chi connectivity index (χ1) is 6.77. The van der Waals surface area contributed by atoms with Crippen LogP contribution in [0.5, 0.6) is 0 Å². The molecule has 0 aliphatic carbocycles. The van der Waals surface area contributed by atoms with Crippen LogP contribution in [0.2, 0.25) is 0 Å². The summed E-state index contributed by atoms with van der Waals surface area (Å²) in [6, 6.07) is 0. The van der Waals surface area contributed by atoms with Crippen LogP contribution in [0.1, 0.15) is 18.0 Å². The third-order valence-electron chi connectivity index (χ3n) is 1.73. The summed E-state index contributed by atoms with van der Waals surface area (Å²) in [7, 11) is 0. The molecule has 6 heteroatoms. The molecule has 2 heterocycles. The minimum atomic E-state index is -0.145. The van der Waals surface area contributed by atoms with Crippen LogP contribution < -0.4 is 0 Å². The van der Waals surface area contributed by atoms with Gasteiger partial charge in [0.05, 0.1) is 24.0 Å². The molecule has 2 rings (SSSR count). The molecule has 1 unspecified atom stereocenters. The number of alkyl halides is 1. The van der Waals surface area contributed by atoms with Crippen molar-refractivity contribution in [1.82, 2.24) is 25.0 Å². The summed E-state index contributed by atoms with van der Waals surface area (Å²) in [6.45, 7) is 1.84. The van der Waals surface area contributed by atoms with E-state index < -0.39 is 0 Å². The van der Waals surface area contributed by atoms with E-state index in [-0.39, 0.29) is 5.38 Å². The summed E-state index contributed by atoms with van der Waals surface area (Å²) >= 11 is 5.86. The molecular weight excluding hydrogens is 202 g/mol. The lowest BCUT2D eigenvalue weighted by Crippen LogP contribution is -1.95.